The molecular weight excluding hydrogens is 360 g/mol. The Kier molecular flexibility index (Phi) is 5.10. The first-order chi connectivity index (χ1) is 13.9. The summed E-state index contributed by atoms with van der Waals surface area (Å²) in [6.45, 7) is 4.96. The number of Topliss-reactive ketones (excluding diaryl/α,β-unsaturated/α-hetero) is 1. The highest BCUT2D eigenvalue weighted by atomic mass is 16.5. The fourth-order valence-electron chi connectivity index (χ4n) is 8.77. The summed E-state index contributed by atoms with van der Waals surface area (Å²) in [5.74, 6) is 3.66. The molecule has 5 fully saturated rings. The zero-order valence-electron chi connectivity index (χ0n) is 18.6. The number of ketones is 1. The summed E-state index contributed by atoms with van der Waals surface area (Å²) < 4.78 is 6.27. The fraction of sp³-hybridized carbons (Fsp3) is 0.923. The zero-order chi connectivity index (χ0) is 20.2. The van der Waals surface area contributed by atoms with Gasteiger partial charge in [-0.1, -0.05) is 33.1 Å². The van der Waals surface area contributed by atoms with Crippen molar-refractivity contribution in [3.05, 3.63) is 0 Å². The Morgan fingerprint density at radius 2 is 1.62 bits per heavy atom. The standard InChI is InChI=1S/C26H40O3/c1-25-14-12-19(27)16-18(25)8-9-20-21-10-11-23(26(21,2)15-13-22(20)25)29-24(28)17-6-4-3-5-7-17/h17-18,20-23H,3-16H2,1-2H3/t18-,20-,21-,22-,23-,25-,26-/m0/s1. The first kappa shape index (κ1) is 20.1. The maximum Gasteiger partial charge on any atom is 0.309 e. The van der Waals surface area contributed by atoms with E-state index in [0.29, 0.717) is 23.0 Å². The number of carbonyl (C=O) groups excluding carboxylic acids is 2. The molecule has 0 N–H and O–H groups in total. The molecule has 0 bridgehead atoms. The molecule has 0 aromatic heterocycles. The van der Waals surface area contributed by atoms with Gasteiger partial charge in [-0.3, -0.25) is 9.59 Å². The third-order valence-electron chi connectivity index (χ3n) is 10.6. The monoisotopic (exact) mass is 400 g/mol. The van der Waals surface area contributed by atoms with E-state index in [1.54, 1.807) is 0 Å². The number of ether oxygens (including phenoxy) is 1. The van der Waals surface area contributed by atoms with Gasteiger partial charge >= 0.3 is 5.97 Å². The molecule has 3 nitrogen and oxygen atoms in total. The molecule has 5 aliphatic rings. The van der Waals surface area contributed by atoms with Crippen molar-refractivity contribution in [2.24, 2.45) is 40.4 Å². The van der Waals surface area contributed by atoms with E-state index in [9.17, 15) is 9.59 Å². The van der Waals surface area contributed by atoms with E-state index in [4.69, 9.17) is 4.74 Å². The van der Waals surface area contributed by atoms with Crippen LogP contribution >= 0.6 is 0 Å². The van der Waals surface area contributed by atoms with E-state index in [2.05, 4.69) is 13.8 Å². The van der Waals surface area contributed by atoms with Crippen molar-refractivity contribution in [3.8, 4) is 0 Å². The number of esters is 1. The number of rotatable bonds is 2. The van der Waals surface area contributed by atoms with Crippen LogP contribution in [0.3, 0.4) is 0 Å². The SMILES string of the molecule is C[C@]12CCC(=O)C[C@@H]1CC[C@@H]1[C@@H]2CC[C@]2(C)[C@@H](OC(=O)C3CCCCC3)CC[C@@H]12. The van der Waals surface area contributed by atoms with Crippen LogP contribution in [-0.4, -0.2) is 17.9 Å². The van der Waals surface area contributed by atoms with Crippen LogP contribution in [-0.2, 0) is 14.3 Å². The van der Waals surface area contributed by atoms with Gasteiger partial charge in [0.1, 0.15) is 11.9 Å². The summed E-state index contributed by atoms with van der Waals surface area (Å²) >= 11 is 0. The van der Waals surface area contributed by atoms with Crippen molar-refractivity contribution in [1.82, 2.24) is 0 Å². The van der Waals surface area contributed by atoms with Gasteiger partial charge in [-0.25, -0.2) is 0 Å². The van der Waals surface area contributed by atoms with Gasteiger partial charge in [0, 0.05) is 18.3 Å². The van der Waals surface area contributed by atoms with Crippen LogP contribution in [0.1, 0.15) is 104 Å². The molecule has 3 heteroatoms. The quantitative estimate of drug-likeness (QED) is 0.527. The van der Waals surface area contributed by atoms with Gasteiger partial charge in [0.15, 0.2) is 0 Å². The largest absolute Gasteiger partial charge is 0.462 e. The summed E-state index contributed by atoms with van der Waals surface area (Å²) in [5, 5.41) is 0. The van der Waals surface area contributed by atoms with Crippen LogP contribution in [0.5, 0.6) is 0 Å². The summed E-state index contributed by atoms with van der Waals surface area (Å²) in [6.07, 6.45) is 15.9. The fourth-order valence-corrected chi connectivity index (χ4v) is 8.77. The molecule has 5 saturated carbocycles. The Balaban J connectivity index is 1.30. The molecule has 162 valence electrons. The molecule has 5 rings (SSSR count). The third kappa shape index (κ3) is 3.21. The predicted octanol–water partition coefficient (Wildman–Crippen LogP) is 6.09. The second-order valence-corrected chi connectivity index (χ2v) is 11.8. The van der Waals surface area contributed by atoms with E-state index >= 15 is 0 Å². The summed E-state index contributed by atoms with van der Waals surface area (Å²) in [7, 11) is 0. The smallest absolute Gasteiger partial charge is 0.309 e. The van der Waals surface area contributed by atoms with Gasteiger partial charge in [0.2, 0.25) is 0 Å². The van der Waals surface area contributed by atoms with E-state index in [-0.39, 0.29) is 23.4 Å². The Bertz CT molecular complexity index is 665. The lowest BCUT2D eigenvalue weighted by molar-refractivity contribution is -0.169. The number of hydrogen-bond donors (Lipinski definition) is 0. The second-order valence-electron chi connectivity index (χ2n) is 11.8. The minimum atomic E-state index is 0.111. The average molecular weight is 401 g/mol. The van der Waals surface area contributed by atoms with Crippen molar-refractivity contribution in [1.29, 1.82) is 0 Å². The number of hydrogen-bond acceptors (Lipinski definition) is 3. The number of carbonyl (C=O) groups is 2. The molecule has 0 amide bonds. The minimum Gasteiger partial charge on any atom is -0.462 e. The van der Waals surface area contributed by atoms with E-state index in [1.165, 1.54) is 51.4 Å². The molecule has 0 saturated heterocycles. The molecule has 0 heterocycles. The van der Waals surface area contributed by atoms with Crippen LogP contribution in [0, 0.1) is 40.4 Å². The predicted molar refractivity (Wildman–Crippen MR) is 113 cm³/mol. The molecule has 7 atom stereocenters. The summed E-state index contributed by atoms with van der Waals surface area (Å²) in [4.78, 5) is 25.0. The van der Waals surface area contributed by atoms with E-state index in [1.807, 2.05) is 0 Å². The molecular formula is C26H40O3. The third-order valence-corrected chi connectivity index (χ3v) is 10.6. The zero-order valence-corrected chi connectivity index (χ0v) is 18.6. The summed E-state index contributed by atoms with van der Waals surface area (Å²) in [6, 6.07) is 0. The van der Waals surface area contributed by atoms with Crippen molar-refractivity contribution in [2.45, 2.75) is 110 Å². The van der Waals surface area contributed by atoms with Crippen LogP contribution in [0.2, 0.25) is 0 Å². The average Bonchev–Trinajstić information content (AvgIpc) is 3.05. The Labute approximate surface area is 176 Å². The van der Waals surface area contributed by atoms with Gasteiger partial charge in [0.25, 0.3) is 0 Å². The molecule has 0 radical (unpaired) electrons. The molecule has 0 aliphatic heterocycles. The van der Waals surface area contributed by atoms with Crippen molar-refractivity contribution in [3.63, 3.8) is 0 Å². The molecule has 0 spiro atoms. The normalized spacial score (nSPS) is 47.8. The highest BCUT2D eigenvalue weighted by Gasteiger charge is 2.61. The van der Waals surface area contributed by atoms with Crippen LogP contribution in [0.15, 0.2) is 0 Å². The lowest BCUT2D eigenvalue weighted by Gasteiger charge is -2.60. The van der Waals surface area contributed by atoms with Crippen LogP contribution < -0.4 is 0 Å². The lowest BCUT2D eigenvalue weighted by Crippen LogP contribution is -2.54. The van der Waals surface area contributed by atoms with E-state index in [0.717, 1.165) is 50.4 Å². The first-order valence-electron chi connectivity index (χ1n) is 12.6. The van der Waals surface area contributed by atoms with Crippen molar-refractivity contribution >= 4 is 11.8 Å². The Morgan fingerprint density at radius 1 is 0.862 bits per heavy atom. The van der Waals surface area contributed by atoms with Crippen molar-refractivity contribution < 1.29 is 14.3 Å². The summed E-state index contributed by atoms with van der Waals surface area (Å²) in [5.41, 5.74) is 0.550. The van der Waals surface area contributed by atoms with Gasteiger partial charge in [-0.05, 0) is 86.9 Å². The van der Waals surface area contributed by atoms with Crippen molar-refractivity contribution in [2.75, 3.05) is 0 Å². The van der Waals surface area contributed by atoms with E-state index < -0.39 is 0 Å². The highest BCUT2D eigenvalue weighted by Crippen LogP contribution is 2.66. The lowest BCUT2D eigenvalue weighted by atomic mass is 9.45. The Hall–Kier alpha value is -0.860. The van der Waals surface area contributed by atoms with Gasteiger partial charge < -0.3 is 4.74 Å². The Morgan fingerprint density at radius 3 is 2.41 bits per heavy atom. The molecule has 0 aromatic rings. The maximum absolute atomic E-state index is 12.9. The van der Waals surface area contributed by atoms with Crippen LogP contribution in [0.25, 0.3) is 0 Å². The maximum atomic E-state index is 12.9. The molecule has 29 heavy (non-hydrogen) atoms. The topological polar surface area (TPSA) is 43.4 Å². The molecule has 0 aromatic carbocycles. The second kappa shape index (κ2) is 7.38. The molecule has 0 unspecified atom stereocenters. The minimum absolute atomic E-state index is 0.111. The van der Waals surface area contributed by atoms with Crippen LogP contribution in [0.4, 0.5) is 0 Å². The van der Waals surface area contributed by atoms with Gasteiger partial charge in [-0.2, -0.15) is 0 Å². The van der Waals surface area contributed by atoms with Gasteiger partial charge in [0.05, 0.1) is 5.92 Å². The first-order valence-corrected chi connectivity index (χ1v) is 12.6. The highest BCUT2D eigenvalue weighted by molar-refractivity contribution is 5.79. The number of fused-ring (bicyclic) bond motifs is 5. The molecule has 5 aliphatic carbocycles. The van der Waals surface area contributed by atoms with Gasteiger partial charge in [-0.15, -0.1) is 0 Å².